The quantitative estimate of drug-likeness (QED) is 0.764. The number of amides is 1. The van der Waals surface area contributed by atoms with Crippen LogP contribution in [0.2, 0.25) is 0 Å². The minimum atomic E-state index is -0.101. The maximum atomic E-state index is 11.7. The molecule has 0 aliphatic carbocycles. The molecule has 0 aliphatic heterocycles. The molecule has 0 saturated carbocycles. The highest BCUT2D eigenvalue weighted by molar-refractivity contribution is 5.92. The minimum absolute atomic E-state index is 0. The van der Waals surface area contributed by atoms with E-state index in [1.54, 1.807) is 13.3 Å². The molecule has 0 unspecified atom stereocenters. The molecule has 1 aromatic heterocycles. The first-order valence-electron chi connectivity index (χ1n) is 6.28. The van der Waals surface area contributed by atoms with Gasteiger partial charge in [-0.15, -0.1) is 12.4 Å². The van der Waals surface area contributed by atoms with Crippen LogP contribution in [0.1, 0.15) is 0 Å². The molecular formula is C14H18ClN3O3. The van der Waals surface area contributed by atoms with Gasteiger partial charge in [0.15, 0.2) is 12.2 Å². The van der Waals surface area contributed by atoms with Gasteiger partial charge in [-0.3, -0.25) is 4.79 Å². The number of anilines is 1. The van der Waals surface area contributed by atoms with Gasteiger partial charge in [0.25, 0.3) is 0 Å². The summed E-state index contributed by atoms with van der Waals surface area (Å²) in [4.78, 5) is 15.6. The molecule has 6 nitrogen and oxygen atoms in total. The van der Waals surface area contributed by atoms with E-state index in [9.17, 15) is 4.79 Å². The maximum Gasteiger partial charge on any atom is 0.238 e. The van der Waals surface area contributed by atoms with Gasteiger partial charge in [0.05, 0.1) is 19.3 Å². The van der Waals surface area contributed by atoms with Crippen LogP contribution in [0.3, 0.4) is 0 Å². The lowest BCUT2D eigenvalue weighted by Gasteiger charge is -2.07. The third kappa shape index (κ3) is 5.55. The zero-order chi connectivity index (χ0) is 14.2. The zero-order valence-electron chi connectivity index (χ0n) is 11.7. The van der Waals surface area contributed by atoms with Crippen molar-refractivity contribution in [2.24, 2.45) is 0 Å². The summed E-state index contributed by atoms with van der Waals surface area (Å²) in [6.45, 7) is 1.46. The van der Waals surface area contributed by atoms with Crippen LogP contribution < -0.4 is 10.6 Å². The van der Waals surface area contributed by atoms with Gasteiger partial charge in [-0.05, 0) is 12.1 Å². The van der Waals surface area contributed by atoms with Crippen LogP contribution in [0.25, 0.3) is 11.3 Å². The lowest BCUT2D eigenvalue weighted by molar-refractivity contribution is -0.115. The van der Waals surface area contributed by atoms with Crippen molar-refractivity contribution < 1.29 is 13.9 Å². The van der Waals surface area contributed by atoms with E-state index in [2.05, 4.69) is 15.6 Å². The fraction of sp³-hybridized carbons (Fsp3) is 0.286. The van der Waals surface area contributed by atoms with Crippen LogP contribution in [0.15, 0.2) is 41.3 Å². The number of hydrogen-bond acceptors (Lipinski definition) is 5. The number of carbonyl (C=O) groups is 1. The van der Waals surface area contributed by atoms with Crippen LogP contribution in [-0.2, 0) is 9.53 Å². The monoisotopic (exact) mass is 311 g/mol. The smallest absolute Gasteiger partial charge is 0.238 e. The van der Waals surface area contributed by atoms with Crippen molar-refractivity contribution in [2.45, 2.75) is 0 Å². The Morgan fingerprint density at radius 2 is 2.29 bits per heavy atom. The van der Waals surface area contributed by atoms with Crippen molar-refractivity contribution in [2.75, 3.05) is 32.1 Å². The molecule has 0 radical (unpaired) electrons. The lowest BCUT2D eigenvalue weighted by atomic mass is 10.1. The maximum absolute atomic E-state index is 11.7. The van der Waals surface area contributed by atoms with Crippen molar-refractivity contribution >= 4 is 24.0 Å². The molecule has 0 saturated heterocycles. The molecule has 0 bridgehead atoms. The van der Waals surface area contributed by atoms with Crippen LogP contribution in [0, 0.1) is 0 Å². The first kappa shape index (κ1) is 17.2. The zero-order valence-corrected chi connectivity index (χ0v) is 12.5. The second-order valence-electron chi connectivity index (χ2n) is 4.16. The fourth-order valence-electron chi connectivity index (χ4n) is 1.69. The average Bonchev–Trinajstić information content (AvgIpc) is 2.98. The number of benzene rings is 1. The topological polar surface area (TPSA) is 76.4 Å². The molecule has 2 aromatic rings. The van der Waals surface area contributed by atoms with Crippen LogP contribution in [0.4, 0.5) is 5.69 Å². The van der Waals surface area contributed by atoms with Crippen molar-refractivity contribution in [3.63, 3.8) is 0 Å². The highest BCUT2D eigenvalue weighted by atomic mass is 35.5. The van der Waals surface area contributed by atoms with Crippen molar-refractivity contribution in [3.05, 3.63) is 36.9 Å². The first-order valence-corrected chi connectivity index (χ1v) is 6.28. The fourth-order valence-corrected chi connectivity index (χ4v) is 1.69. The highest BCUT2D eigenvalue weighted by Gasteiger charge is 2.05. The number of nitrogens with zero attached hydrogens (tertiary/aromatic N) is 1. The van der Waals surface area contributed by atoms with E-state index in [1.165, 1.54) is 6.39 Å². The highest BCUT2D eigenvalue weighted by Crippen LogP contribution is 2.21. The second kappa shape index (κ2) is 9.12. The predicted octanol–water partition coefficient (Wildman–Crippen LogP) is 1.94. The van der Waals surface area contributed by atoms with Crippen molar-refractivity contribution in [3.8, 4) is 11.3 Å². The van der Waals surface area contributed by atoms with E-state index in [0.717, 1.165) is 11.3 Å². The molecule has 7 heteroatoms. The van der Waals surface area contributed by atoms with Gasteiger partial charge in [-0.2, -0.15) is 0 Å². The number of carbonyl (C=O) groups excluding carboxylic acids is 1. The van der Waals surface area contributed by atoms with Crippen LogP contribution in [0.5, 0.6) is 0 Å². The predicted molar refractivity (Wildman–Crippen MR) is 82.6 cm³/mol. The van der Waals surface area contributed by atoms with E-state index < -0.39 is 0 Å². The number of ether oxygens (including phenoxy) is 1. The number of oxazole rings is 1. The minimum Gasteiger partial charge on any atom is -0.444 e. The number of rotatable bonds is 7. The van der Waals surface area contributed by atoms with Gasteiger partial charge >= 0.3 is 0 Å². The Labute approximate surface area is 129 Å². The summed E-state index contributed by atoms with van der Waals surface area (Å²) in [7, 11) is 1.62. The Morgan fingerprint density at radius 3 is 3.00 bits per heavy atom. The standard InChI is InChI=1S/C14H17N3O3.ClH/c1-19-6-5-15-9-14(18)17-12-4-2-3-11(7-12)13-8-16-10-20-13;/h2-4,7-8,10,15H,5-6,9H2,1H3,(H,17,18);1H. The van der Waals surface area contributed by atoms with Crippen LogP contribution in [-0.4, -0.2) is 37.7 Å². The Balaban J connectivity index is 0.00000220. The molecule has 2 rings (SSSR count). The van der Waals surface area contributed by atoms with E-state index in [4.69, 9.17) is 9.15 Å². The van der Waals surface area contributed by atoms with Crippen LogP contribution >= 0.6 is 12.4 Å². The Morgan fingerprint density at radius 1 is 1.43 bits per heavy atom. The van der Waals surface area contributed by atoms with Gasteiger partial charge in [0.1, 0.15) is 0 Å². The Hall–Kier alpha value is -1.89. The SMILES string of the molecule is COCCNCC(=O)Nc1cccc(-c2cnco2)c1.Cl. The number of nitrogens with one attached hydrogen (secondary N) is 2. The third-order valence-corrected chi connectivity index (χ3v) is 2.63. The molecule has 114 valence electrons. The molecule has 1 aromatic carbocycles. The normalized spacial score (nSPS) is 9.95. The van der Waals surface area contributed by atoms with Gasteiger partial charge in [-0.1, -0.05) is 12.1 Å². The summed E-state index contributed by atoms with van der Waals surface area (Å²) in [6, 6.07) is 7.42. The summed E-state index contributed by atoms with van der Waals surface area (Å²) in [5.41, 5.74) is 1.59. The largest absolute Gasteiger partial charge is 0.444 e. The average molecular weight is 312 g/mol. The second-order valence-corrected chi connectivity index (χ2v) is 4.16. The van der Waals surface area contributed by atoms with E-state index in [1.807, 2.05) is 24.3 Å². The third-order valence-electron chi connectivity index (χ3n) is 2.63. The molecule has 1 amide bonds. The first-order chi connectivity index (χ1) is 9.79. The lowest BCUT2D eigenvalue weighted by Crippen LogP contribution is -2.30. The number of methoxy groups -OCH3 is 1. The Kier molecular flexibility index (Phi) is 7.45. The van der Waals surface area contributed by atoms with E-state index >= 15 is 0 Å². The molecule has 0 aliphatic rings. The summed E-state index contributed by atoms with van der Waals surface area (Å²) in [5.74, 6) is 0.565. The number of halogens is 1. The van der Waals surface area contributed by atoms with Crippen molar-refractivity contribution in [1.29, 1.82) is 0 Å². The molecule has 1 heterocycles. The van der Waals surface area contributed by atoms with E-state index in [0.29, 0.717) is 18.9 Å². The molecule has 0 spiro atoms. The Bertz CT molecular complexity index is 546. The van der Waals surface area contributed by atoms with E-state index in [-0.39, 0.29) is 24.9 Å². The molecule has 0 fully saturated rings. The summed E-state index contributed by atoms with van der Waals surface area (Å²) in [5, 5.41) is 5.80. The van der Waals surface area contributed by atoms with Crippen molar-refractivity contribution in [1.82, 2.24) is 10.3 Å². The van der Waals surface area contributed by atoms with Gasteiger partial charge in [-0.25, -0.2) is 4.98 Å². The number of hydrogen-bond donors (Lipinski definition) is 2. The molecular weight excluding hydrogens is 294 g/mol. The number of aromatic nitrogens is 1. The molecule has 21 heavy (non-hydrogen) atoms. The molecule has 0 atom stereocenters. The van der Waals surface area contributed by atoms with Gasteiger partial charge in [0, 0.05) is 24.9 Å². The summed E-state index contributed by atoms with van der Waals surface area (Å²) >= 11 is 0. The molecule has 2 N–H and O–H groups in total. The van der Waals surface area contributed by atoms with Gasteiger partial charge < -0.3 is 19.8 Å². The van der Waals surface area contributed by atoms with Gasteiger partial charge in [0.2, 0.25) is 5.91 Å². The summed E-state index contributed by atoms with van der Waals surface area (Å²) < 4.78 is 10.1. The summed E-state index contributed by atoms with van der Waals surface area (Å²) in [6.07, 6.45) is 3.01.